The number of hydrogen-bond acceptors (Lipinski definition) is 9. The van der Waals surface area contributed by atoms with E-state index in [0.29, 0.717) is 0 Å². The molecule has 6 nitrogen and oxygen atoms in total. The molecule has 7 heterocycles. The third-order valence-electron chi connectivity index (χ3n) is 21.9. The Hall–Kier alpha value is -14.6. The normalized spacial score (nSPS) is 11.4. The highest BCUT2D eigenvalue weighted by molar-refractivity contribution is 7.26. The molecule has 0 saturated heterocycles. The predicted molar refractivity (Wildman–Crippen MR) is 497 cm³/mol. The van der Waals surface area contributed by atoms with Crippen molar-refractivity contribution in [3.8, 4) is 123 Å². The van der Waals surface area contributed by atoms with E-state index in [1.165, 1.54) is 93.9 Å². The molecule has 0 atom stereocenters. The van der Waals surface area contributed by atoms with E-state index in [1.54, 1.807) is 0 Å². The van der Waals surface area contributed by atoms with Crippen LogP contribution in [0.4, 0.5) is 0 Å². The molecule has 9 heteroatoms. The number of thiophene rings is 3. The van der Waals surface area contributed by atoms with Crippen molar-refractivity contribution < 1.29 is 0 Å². The van der Waals surface area contributed by atoms with Crippen LogP contribution in [0.5, 0.6) is 0 Å². The second-order valence-electron chi connectivity index (χ2n) is 29.1. The molecule has 16 aromatic carbocycles. The summed E-state index contributed by atoms with van der Waals surface area (Å²) in [5, 5.41) is 9.01. The molecule has 548 valence electrons. The van der Waals surface area contributed by atoms with Crippen LogP contribution < -0.4 is 0 Å². The molecular formula is C108H68N6S3. The first-order chi connectivity index (χ1) is 57.9. The van der Waals surface area contributed by atoms with Crippen LogP contribution in [0.3, 0.4) is 0 Å². The first kappa shape index (κ1) is 70.3. The van der Waals surface area contributed by atoms with E-state index in [4.69, 9.17) is 24.9 Å². The summed E-state index contributed by atoms with van der Waals surface area (Å²) in [6.45, 7) is 0. The molecule has 0 fully saturated rings. The van der Waals surface area contributed by atoms with Gasteiger partial charge in [-0.25, -0.2) is 24.9 Å². The highest BCUT2D eigenvalue weighted by Gasteiger charge is 2.20. The largest absolute Gasteiger partial charge is 0.256 e. The fourth-order valence-corrected chi connectivity index (χ4v) is 19.3. The molecule has 7 aromatic heterocycles. The monoisotopic (exact) mass is 1540 g/mol. The zero-order chi connectivity index (χ0) is 77.5. The van der Waals surface area contributed by atoms with Crippen molar-refractivity contribution in [3.63, 3.8) is 0 Å². The minimum absolute atomic E-state index is 0.889. The topological polar surface area (TPSA) is 77.3 Å². The quantitative estimate of drug-likeness (QED) is 0.128. The van der Waals surface area contributed by atoms with E-state index < -0.39 is 0 Å². The van der Waals surface area contributed by atoms with Crippen molar-refractivity contribution in [2.75, 3.05) is 0 Å². The average molecular weight is 1550 g/mol. The molecule has 0 N–H and O–H groups in total. The van der Waals surface area contributed by atoms with Crippen LogP contribution in [0.1, 0.15) is 0 Å². The van der Waals surface area contributed by atoms with Gasteiger partial charge in [0.15, 0.2) is 0 Å². The molecular weight excluding hydrogens is 1480 g/mol. The van der Waals surface area contributed by atoms with Gasteiger partial charge in [-0.05, 0) is 141 Å². The lowest BCUT2D eigenvalue weighted by atomic mass is 9.97. The van der Waals surface area contributed by atoms with Crippen molar-refractivity contribution in [3.05, 3.63) is 413 Å². The molecule has 23 aromatic rings. The van der Waals surface area contributed by atoms with Crippen LogP contribution in [-0.4, -0.2) is 29.9 Å². The van der Waals surface area contributed by atoms with Crippen molar-refractivity contribution >= 4 is 127 Å². The van der Waals surface area contributed by atoms with Crippen molar-refractivity contribution in [2.45, 2.75) is 0 Å². The molecule has 0 amide bonds. The number of aromatic nitrogens is 6. The van der Waals surface area contributed by atoms with Crippen LogP contribution in [0.25, 0.3) is 217 Å². The van der Waals surface area contributed by atoms with Crippen LogP contribution in [0.2, 0.25) is 0 Å². The lowest BCUT2D eigenvalue weighted by Gasteiger charge is -2.13. The summed E-state index contributed by atoms with van der Waals surface area (Å²) in [7, 11) is 0. The molecule has 0 bridgehead atoms. The number of fused-ring (bicyclic) bond motifs is 12. The van der Waals surface area contributed by atoms with Gasteiger partial charge >= 0.3 is 0 Å². The molecule has 0 unspecified atom stereocenters. The van der Waals surface area contributed by atoms with Gasteiger partial charge in [0.1, 0.15) is 0 Å². The summed E-state index contributed by atoms with van der Waals surface area (Å²) in [5.41, 5.74) is 28.2. The third kappa shape index (κ3) is 13.8. The van der Waals surface area contributed by atoms with E-state index in [1.807, 2.05) is 125 Å². The van der Waals surface area contributed by atoms with Crippen LogP contribution in [0, 0.1) is 0 Å². The standard InChI is InChI=1S/2C38H24N2S.C32H20N2S/c1-3-10-27(11-4-1)36-37(28-12-5-2-6-13-28)40-38-30(15-9-16-33(38)39-36)26-20-18-25(19-21-26)29-22-23-35-32(24-29)31-14-7-8-17-34(31)41-35;1-3-9-27(10-4-1)37-38(28-11-5-2-6-12-28)40-34-24-30(19-21-33(34)39-37)26-17-15-25(16-18-26)29-20-22-36-32(23-29)31-13-7-8-14-35(31)41-36;1-2-7-23(8-3-1)32-26-10-6-18-33-29(26)20-28(34-32)22-14-12-21(13-15-22)24-16-17-31-27(19-24)25-9-4-5-11-30(25)35-31/h2*1-24H;1-20H. The molecule has 0 saturated carbocycles. The Balaban J connectivity index is 0.000000110. The van der Waals surface area contributed by atoms with Gasteiger partial charge in [0.05, 0.1) is 61.7 Å². The number of benzene rings is 16. The smallest absolute Gasteiger partial charge is 0.0973 e. The van der Waals surface area contributed by atoms with Crippen LogP contribution in [0.15, 0.2) is 413 Å². The number of pyridine rings is 2. The van der Waals surface area contributed by atoms with E-state index in [0.717, 1.165) is 123 Å². The highest BCUT2D eigenvalue weighted by atomic mass is 32.1. The molecule has 117 heavy (non-hydrogen) atoms. The van der Waals surface area contributed by atoms with Gasteiger partial charge in [0.2, 0.25) is 0 Å². The average Bonchev–Trinajstić information content (AvgIpc) is 1.73. The van der Waals surface area contributed by atoms with Gasteiger partial charge in [-0.1, -0.05) is 315 Å². The van der Waals surface area contributed by atoms with Gasteiger partial charge in [-0.15, -0.1) is 34.0 Å². The van der Waals surface area contributed by atoms with Crippen molar-refractivity contribution in [1.82, 2.24) is 29.9 Å². The van der Waals surface area contributed by atoms with Crippen LogP contribution in [-0.2, 0) is 0 Å². The summed E-state index contributed by atoms with van der Waals surface area (Å²) in [6.07, 6.45) is 1.84. The van der Waals surface area contributed by atoms with Gasteiger partial charge < -0.3 is 0 Å². The maximum absolute atomic E-state index is 5.27. The van der Waals surface area contributed by atoms with Crippen molar-refractivity contribution in [1.29, 1.82) is 0 Å². The fourth-order valence-electron chi connectivity index (χ4n) is 16.0. The summed E-state index contributed by atoms with van der Waals surface area (Å²) < 4.78 is 7.98. The maximum atomic E-state index is 5.27. The summed E-state index contributed by atoms with van der Waals surface area (Å²) in [4.78, 5) is 30.4. The molecule has 0 spiro atoms. The minimum Gasteiger partial charge on any atom is -0.256 e. The molecule has 0 aliphatic carbocycles. The zero-order valence-corrected chi connectivity index (χ0v) is 65.6. The van der Waals surface area contributed by atoms with Gasteiger partial charge in [0.25, 0.3) is 0 Å². The molecule has 0 aliphatic rings. The predicted octanol–water partition coefficient (Wildman–Crippen LogP) is 30.3. The number of para-hydroxylation sites is 1. The Kier molecular flexibility index (Phi) is 18.5. The Morgan fingerprint density at radius 2 is 0.496 bits per heavy atom. The molecule has 0 aliphatic heterocycles. The zero-order valence-electron chi connectivity index (χ0n) is 63.2. The first-order valence-electron chi connectivity index (χ1n) is 39.2. The van der Waals surface area contributed by atoms with E-state index in [-0.39, 0.29) is 0 Å². The third-order valence-corrected chi connectivity index (χ3v) is 25.4. The Labute approximate surface area is 688 Å². The maximum Gasteiger partial charge on any atom is 0.0973 e. The second kappa shape index (κ2) is 30.7. The lowest BCUT2D eigenvalue weighted by Crippen LogP contribution is -1.97. The minimum atomic E-state index is 0.889. The summed E-state index contributed by atoms with van der Waals surface area (Å²) in [6, 6.07) is 143. The SMILES string of the molecule is c1ccc(-c2nc(-c3ccc(-c4ccc5sc6ccccc6c5c4)cc3)cc3ncccc23)cc1.c1ccc(-c2nc3ccc(-c4ccc(-c5ccc6sc7ccccc7c6c5)cc4)cc3nc2-c2ccccc2)cc1.c1ccc(-c2nc3cccc(-c4ccc(-c5ccc6sc7ccccc7c6c5)cc4)c3nc2-c2ccccc2)cc1. The van der Waals surface area contributed by atoms with Gasteiger partial charge in [-0.2, -0.15) is 0 Å². The molecule has 23 rings (SSSR count). The highest BCUT2D eigenvalue weighted by Crippen LogP contribution is 2.43. The first-order valence-corrected chi connectivity index (χ1v) is 41.6. The number of hydrogen-bond donors (Lipinski definition) is 0. The fraction of sp³-hybridized carbons (Fsp3) is 0. The van der Waals surface area contributed by atoms with Crippen LogP contribution >= 0.6 is 34.0 Å². The Morgan fingerprint density at radius 3 is 0.940 bits per heavy atom. The van der Waals surface area contributed by atoms with Gasteiger partial charge in [0, 0.05) is 111 Å². The second-order valence-corrected chi connectivity index (χ2v) is 32.4. The number of rotatable bonds is 11. The van der Waals surface area contributed by atoms with E-state index in [9.17, 15) is 0 Å². The Bertz CT molecular complexity index is 7600. The summed E-state index contributed by atoms with van der Waals surface area (Å²) >= 11 is 5.56. The number of nitrogens with zero attached hydrogens (tertiary/aromatic N) is 6. The van der Waals surface area contributed by atoms with Crippen molar-refractivity contribution in [2.24, 2.45) is 0 Å². The molecule has 0 radical (unpaired) electrons. The lowest BCUT2D eigenvalue weighted by molar-refractivity contribution is 1.29. The summed E-state index contributed by atoms with van der Waals surface area (Å²) in [5.74, 6) is 0. The Morgan fingerprint density at radius 1 is 0.162 bits per heavy atom. The van der Waals surface area contributed by atoms with Gasteiger partial charge in [-0.3, -0.25) is 4.98 Å². The van der Waals surface area contributed by atoms with E-state index >= 15 is 0 Å². The van der Waals surface area contributed by atoms with E-state index in [2.05, 4.69) is 327 Å².